The van der Waals surface area contributed by atoms with Gasteiger partial charge in [0.25, 0.3) is 11.8 Å². The Morgan fingerprint density at radius 1 is 1.04 bits per heavy atom. The molecule has 0 fully saturated rings. The smallest absolute Gasteiger partial charge is 0.271 e. The molecule has 7 heteroatoms. The summed E-state index contributed by atoms with van der Waals surface area (Å²) < 4.78 is 0. The first kappa shape index (κ1) is 17.9. The van der Waals surface area contributed by atoms with Gasteiger partial charge in [-0.05, 0) is 30.3 Å². The lowest BCUT2D eigenvalue weighted by Gasteiger charge is -2.13. The number of aromatic nitrogens is 1. The Kier molecular flexibility index (Phi) is 4.87. The largest absolute Gasteiger partial charge is 0.322 e. The van der Waals surface area contributed by atoms with Crippen LogP contribution in [0.25, 0.3) is 0 Å². The Morgan fingerprint density at radius 3 is 2.57 bits per heavy atom. The molecule has 2 N–H and O–H groups in total. The van der Waals surface area contributed by atoms with Gasteiger partial charge in [0.15, 0.2) is 0 Å². The molecule has 2 aromatic carbocycles. The summed E-state index contributed by atoms with van der Waals surface area (Å²) in [5.41, 5.74) is 2.83. The highest BCUT2D eigenvalue weighted by Gasteiger charge is 2.27. The number of carbonyl (C=O) groups is 2. The Labute approximate surface area is 166 Å². The van der Waals surface area contributed by atoms with E-state index in [4.69, 9.17) is 11.6 Å². The molecule has 2 heterocycles. The zero-order valence-electron chi connectivity index (χ0n) is 14.6. The number of aliphatic imine (C=N–C) groups is 1. The summed E-state index contributed by atoms with van der Waals surface area (Å²) in [5.74, 6) is -0.931. The normalized spacial score (nSPS) is 15.7. The van der Waals surface area contributed by atoms with Gasteiger partial charge in [-0.3, -0.25) is 14.6 Å². The summed E-state index contributed by atoms with van der Waals surface area (Å²) >= 11 is 6.17. The minimum absolute atomic E-state index is 0.205. The van der Waals surface area contributed by atoms with E-state index < -0.39 is 18.0 Å². The SMILES string of the molecule is O=C(NC1N=C(c2ccccc2)c2cc(Cl)ccc2NC1=O)c1ccccn1. The maximum atomic E-state index is 12.7. The van der Waals surface area contributed by atoms with Crippen molar-refractivity contribution in [2.24, 2.45) is 4.99 Å². The van der Waals surface area contributed by atoms with E-state index in [1.807, 2.05) is 30.3 Å². The first-order chi connectivity index (χ1) is 13.6. The standard InChI is InChI=1S/C21H15ClN4O2/c22-14-9-10-16-15(12-14)18(13-6-2-1-3-7-13)25-19(21(28)24-16)26-20(27)17-8-4-5-11-23-17/h1-12,19H,(H,24,28)(H,26,27). The Morgan fingerprint density at radius 2 is 1.82 bits per heavy atom. The van der Waals surface area contributed by atoms with E-state index in [1.54, 1.807) is 36.4 Å². The topological polar surface area (TPSA) is 83.5 Å². The number of fused-ring (bicyclic) bond motifs is 1. The molecule has 0 saturated heterocycles. The predicted molar refractivity (Wildman–Crippen MR) is 108 cm³/mol. The van der Waals surface area contributed by atoms with Crippen LogP contribution < -0.4 is 10.6 Å². The highest BCUT2D eigenvalue weighted by atomic mass is 35.5. The number of pyridine rings is 1. The second-order valence-electron chi connectivity index (χ2n) is 6.11. The minimum atomic E-state index is -1.11. The Balaban J connectivity index is 1.77. The molecule has 1 aromatic heterocycles. The van der Waals surface area contributed by atoms with Crippen molar-refractivity contribution < 1.29 is 9.59 Å². The van der Waals surface area contributed by atoms with Gasteiger partial charge in [-0.2, -0.15) is 0 Å². The van der Waals surface area contributed by atoms with Gasteiger partial charge < -0.3 is 10.6 Å². The number of rotatable bonds is 3. The third-order valence-electron chi connectivity index (χ3n) is 4.21. The van der Waals surface area contributed by atoms with Crippen LogP contribution in [0, 0.1) is 0 Å². The zero-order chi connectivity index (χ0) is 19.5. The van der Waals surface area contributed by atoms with Crippen molar-refractivity contribution in [3.63, 3.8) is 0 Å². The van der Waals surface area contributed by atoms with Crippen molar-refractivity contribution in [2.45, 2.75) is 6.17 Å². The Bertz CT molecular complexity index is 1070. The van der Waals surface area contributed by atoms with Gasteiger partial charge >= 0.3 is 0 Å². The van der Waals surface area contributed by atoms with Gasteiger partial charge in [0, 0.05) is 22.3 Å². The second-order valence-corrected chi connectivity index (χ2v) is 6.55. The van der Waals surface area contributed by atoms with Crippen molar-refractivity contribution in [1.29, 1.82) is 0 Å². The highest BCUT2D eigenvalue weighted by molar-refractivity contribution is 6.32. The fraction of sp³-hybridized carbons (Fsp3) is 0.0476. The van der Waals surface area contributed by atoms with E-state index in [0.29, 0.717) is 22.0 Å². The summed E-state index contributed by atoms with van der Waals surface area (Å²) in [6.45, 7) is 0. The third-order valence-corrected chi connectivity index (χ3v) is 4.45. The van der Waals surface area contributed by atoms with Crippen LogP contribution in [-0.2, 0) is 4.79 Å². The lowest BCUT2D eigenvalue weighted by Crippen LogP contribution is -2.42. The predicted octanol–water partition coefficient (Wildman–Crippen LogP) is 3.28. The summed E-state index contributed by atoms with van der Waals surface area (Å²) in [7, 11) is 0. The summed E-state index contributed by atoms with van der Waals surface area (Å²) in [6.07, 6.45) is 0.398. The van der Waals surface area contributed by atoms with Crippen molar-refractivity contribution >= 4 is 34.8 Å². The molecular formula is C21H15ClN4O2. The zero-order valence-corrected chi connectivity index (χ0v) is 15.4. The molecule has 1 aliphatic rings. The number of benzodiazepines with no additional fused rings is 1. The van der Waals surface area contributed by atoms with Gasteiger partial charge in [-0.25, -0.2) is 4.99 Å². The molecule has 6 nitrogen and oxygen atoms in total. The molecule has 0 saturated carbocycles. The fourth-order valence-corrected chi connectivity index (χ4v) is 3.07. The van der Waals surface area contributed by atoms with Crippen LogP contribution in [0.2, 0.25) is 5.02 Å². The molecule has 1 atom stereocenters. The van der Waals surface area contributed by atoms with Crippen molar-refractivity contribution in [2.75, 3.05) is 5.32 Å². The van der Waals surface area contributed by atoms with Crippen LogP contribution in [0.3, 0.4) is 0 Å². The molecule has 138 valence electrons. The fourth-order valence-electron chi connectivity index (χ4n) is 2.90. The van der Waals surface area contributed by atoms with E-state index in [2.05, 4.69) is 20.6 Å². The van der Waals surface area contributed by atoms with Gasteiger partial charge in [0.2, 0.25) is 6.17 Å². The van der Waals surface area contributed by atoms with Crippen molar-refractivity contribution in [3.8, 4) is 0 Å². The molecule has 0 spiro atoms. The summed E-state index contributed by atoms with van der Waals surface area (Å²) in [4.78, 5) is 33.8. The molecule has 3 aromatic rings. The number of nitrogens with one attached hydrogen (secondary N) is 2. The quantitative estimate of drug-likeness (QED) is 0.719. The molecule has 0 bridgehead atoms. The van der Waals surface area contributed by atoms with Crippen LogP contribution in [0.5, 0.6) is 0 Å². The molecule has 2 amide bonds. The van der Waals surface area contributed by atoms with E-state index >= 15 is 0 Å². The van der Waals surface area contributed by atoms with Crippen LogP contribution in [0.4, 0.5) is 5.69 Å². The van der Waals surface area contributed by atoms with E-state index in [0.717, 1.165) is 5.56 Å². The van der Waals surface area contributed by atoms with Crippen LogP contribution in [0.1, 0.15) is 21.6 Å². The monoisotopic (exact) mass is 390 g/mol. The molecule has 1 aliphatic heterocycles. The molecule has 0 aliphatic carbocycles. The number of carbonyl (C=O) groups excluding carboxylic acids is 2. The highest BCUT2D eigenvalue weighted by Crippen LogP contribution is 2.27. The van der Waals surface area contributed by atoms with Crippen molar-refractivity contribution in [3.05, 3.63) is 94.8 Å². The first-order valence-corrected chi connectivity index (χ1v) is 8.95. The Hall–Kier alpha value is -3.51. The van der Waals surface area contributed by atoms with E-state index in [-0.39, 0.29) is 5.69 Å². The van der Waals surface area contributed by atoms with Gasteiger partial charge in [0.1, 0.15) is 5.69 Å². The van der Waals surface area contributed by atoms with E-state index in [1.165, 1.54) is 6.20 Å². The molecule has 28 heavy (non-hydrogen) atoms. The maximum absolute atomic E-state index is 12.7. The lowest BCUT2D eigenvalue weighted by atomic mass is 10.0. The van der Waals surface area contributed by atoms with Crippen LogP contribution in [0.15, 0.2) is 77.9 Å². The number of nitrogens with zero attached hydrogens (tertiary/aromatic N) is 2. The summed E-state index contributed by atoms with van der Waals surface area (Å²) in [6, 6.07) is 19.6. The van der Waals surface area contributed by atoms with Crippen molar-refractivity contribution in [1.82, 2.24) is 10.3 Å². The van der Waals surface area contributed by atoms with Crippen LogP contribution in [-0.4, -0.2) is 28.7 Å². The van der Waals surface area contributed by atoms with Gasteiger partial charge in [-0.1, -0.05) is 48.0 Å². The molecular weight excluding hydrogens is 376 g/mol. The average molecular weight is 391 g/mol. The average Bonchev–Trinajstić information content (AvgIpc) is 2.86. The van der Waals surface area contributed by atoms with Crippen LogP contribution >= 0.6 is 11.6 Å². The molecule has 4 rings (SSSR count). The molecule has 0 radical (unpaired) electrons. The number of hydrogen-bond donors (Lipinski definition) is 2. The lowest BCUT2D eigenvalue weighted by molar-refractivity contribution is -0.117. The first-order valence-electron chi connectivity index (χ1n) is 8.58. The number of halogens is 1. The minimum Gasteiger partial charge on any atom is -0.322 e. The maximum Gasteiger partial charge on any atom is 0.271 e. The van der Waals surface area contributed by atoms with Gasteiger partial charge in [-0.15, -0.1) is 0 Å². The van der Waals surface area contributed by atoms with E-state index in [9.17, 15) is 9.59 Å². The van der Waals surface area contributed by atoms with Gasteiger partial charge in [0.05, 0.1) is 11.4 Å². The number of amides is 2. The number of anilines is 1. The third kappa shape index (κ3) is 3.63. The second kappa shape index (κ2) is 7.62. The summed E-state index contributed by atoms with van der Waals surface area (Å²) in [5, 5.41) is 5.97. The molecule has 1 unspecified atom stereocenters. The number of hydrogen-bond acceptors (Lipinski definition) is 4. The number of benzene rings is 2.